The van der Waals surface area contributed by atoms with Gasteiger partial charge < -0.3 is 10.1 Å². The Bertz CT molecular complexity index is 814. The number of fused-ring (bicyclic) bond motifs is 3. The number of nitro groups is 1. The highest BCUT2D eigenvalue weighted by molar-refractivity contribution is 5.67. The fourth-order valence-electron chi connectivity index (χ4n) is 3.90. The Labute approximate surface area is 140 Å². The quantitative estimate of drug-likeness (QED) is 0.516. The average Bonchev–Trinajstić information content (AvgIpc) is 3.10. The Morgan fingerprint density at radius 2 is 2.00 bits per heavy atom. The second-order valence-corrected chi connectivity index (χ2v) is 6.25. The number of para-hydroxylation sites is 1. The number of anilines is 1. The van der Waals surface area contributed by atoms with Gasteiger partial charge in [-0.05, 0) is 29.5 Å². The molecule has 5 heteroatoms. The topological polar surface area (TPSA) is 64.4 Å². The van der Waals surface area contributed by atoms with Crippen LogP contribution >= 0.6 is 0 Å². The first-order valence-corrected chi connectivity index (χ1v) is 8.03. The molecule has 0 radical (unpaired) electrons. The molecule has 0 aromatic heterocycles. The van der Waals surface area contributed by atoms with E-state index in [0.29, 0.717) is 11.8 Å². The number of rotatable bonds is 3. The molecule has 24 heavy (non-hydrogen) atoms. The lowest BCUT2D eigenvalue weighted by Crippen LogP contribution is -2.29. The number of nitro benzene ring substituents is 1. The molecule has 0 amide bonds. The van der Waals surface area contributed by atoms with Crippen molar-refractivity contribution in [3.05, 3.63) is 75.9 Å². The number of ether oxygens (including phenoxy) is 1. The molecule has 1 aliphatic heterocycles. The van der Waals surface area contributed by atoms with Crippen LogP contribution in [-0.4, -0.2) is 12.0 Å². The minimum atomic E-state index is -0.365. The SMILES string of the molecule is COc1cccc2c1N[C@H](c1ccc([N+](=O)[O-])cc1)C1CC=CC21. The molecule has 2 aliphatic rings. The van der Waals surface area contributed by atoms with Crippen LogP contribution in [0.5, 0.6) is 5.75 Å². The Morgan fingerprint density at radius 1 is 1.21 bits per heavy atom. The van der Waals surface area contributed by atoms with Crippen LogP contribution in [0.1, 0.15) is 29.5 Å². The van der Waals surface area contributed by atoms with Crippen LogP contribution in [-0.2, 0) is 0 Å². The Morgan fingerprint density at radius 3 is 2.71 bits per heavy atom. The standard InChI is InChI=1S/C19H18N2O3/c1-24-17-7-3-6-16-14-4-2-5-15(14)18(20-19(16)17)12-8-10-13(11-9-12)21(22)23/h2-4,6-11,14-15,18,20H,5H2,1H3/t14?,15?,18-/m1/s1. The molecule has 0 bridgehead atoms. The molecule has 0 fully saturated rings. The van der Waals surface area contributed by atoms with Crippen molar-refractivity contribution in [2.75, 3.05) is 12.4 Å². The van der Waals surface area contributed by atoms with Crippen LogP contribution in [0.15, 0.2) is 54.6 Å². The fraction of sp³-hybridized carbons (Fsp3) is 0.263. The number of allylic oxidation sites excluding steroid dienone is 2. The van der Waals surface area contributed by atoms with E-state index in [-0.39, 0.29) is 16.7 Å². The molecular formula is C19H18N2O3. The van der Waals surface area contributed by atoms with Gasteiger partial charge in [0, 0.05) is 18.1 Å². The normalized spacial score (nSPS) is 24.0. The first kappa shape index (κ1) is 14.8. The Kier molecular flexibility index (Phi) is 3.49. The van der Waals surface area contributed by atoms with Crippen LogP contribution in [0, 0.1) is 16.0 Å². The number of nitrogens with one attached hydrogen (secondary N) is 1. The molecule has 1 heterocycles. The average molecular weight is 322 g/mol. The lowest BCUT2D eigenvalue weighted by molar-refractivity contribution is -0.384. The first-order chi connectivity index (χ1) is 11.7. The van der Waals surface area contributed by atoms with Gasteiger partial charge in [-0.25, -0.2) is 0 Å². The van der Waals surface area contributed by atoms with E-state index >= 15 is 0 Å². The van der Waals surface area contributed by atoms with Crippen LogP contribution in [0.25, 0.3) is 0 Å². The third-order valence-corrected chi connectivity index (χ3v) is 5.04. The van der Waals surface area contributed by atoms with Crippen molar-refractivity contribution in [1.82, 2.24) is 0 Å². The van der Waals surface area contributed by atoms with Crippen molar-refractivity contribution in [2.45, 2.75) is 18.4 Å². The number of methoxy groups -OCH3 is 1. The van der Waals surface area contributed by atoms with Crippen molar-refractivity contribution in [3.63, 3.8) is 0 Å². The highest BCUT2D eigenvalue weighted by atomic mass is 16.6. The number of hydrogen-bond donors (Lipinski definition) is 1. The maximum atomic E-state index is 10.9. The molecule has 0 saturated heterocycles. The van der Waals surface area contributed by atoms with Gasteiger partial charge >= 0.3 is 0 Å². The lowest BCUT2D eigenvalue weighted by atomic mass is 9.77. The van der Waals surface area contributed by atoms with Crippen molar-refractivity contribution in [1.29, 1.82) is 0 Å². The lowest BCUT2D eigenvalue weighted by Gasteiger charge is -2.38. The zero-order valence-corrected chi connectivity index (χ0v) is 13.3. The summed E-state index contributed by atoms with van der Waals surface area (Å²) in [4.78, 5) is 10.5. The van der Waals surface area contributed by atoms with Crippen molar-refractivity contribution in [2.24, 2.45) is 5.92 Å². The van der Waals surface area contributed by atoms with Crippen LogP contribution < -0.4 is 10.1 Å². The van der Waals surface area contributed by atoms with Crippen molar-refractivity contribution in [3.8, 4) is 5.75 Å². The van der Waals surface area contributed by atoms with Crippen LogP contribution in [0.4, 0.5) is 11.4 Å². The zero-order valence-electron chi connectivity index (χ0n) is 13.3. The minimum absolute atomic E-state index is 0.106. The summed E-state index contributed by atoms with van der Waals surface area (Å²) in [6.07, 6.45) is 5.49. The molecule has 2 unspecified atom stereocenters. The fourth-order valence-corrected chi connectivity index (χ4v) is 3.90. The summed E-state index contributed by atoms with van der Waals surface area (Å²) < 4.78 is 5.52. The second-order valence-electron chi connectivity index (χ2n) is 6.25. The predicted molar refractivity (Wildman–Crippen MR) is 92.4 cm³/mol. The molecule has 0 saturated carbocycles. The van der Waals surface area contributed by atoms with E-state index in [1.54, 1.807) is 19.2 Å². The minimum Gasteiger partial charge on any atom is -0.495 e. The Hall–Kier alpha value is -2.82. The van der Waals surface area contributed by atoms with Gasteiger partial charge in [0.1, 0.15) is 5.75 Å². The summed E-state index contributed by atoms with van der Waals surface area (Å²) in [6, 6.07) is 13.1. The third-order valence-electron chi connectivity index (χ3n) is 5.04. The van der Waals surface area contributed by atoms with E-state index in [0.717, 1.165) is 23.4 Å². The molecule has 1 N–H and O–H groups in total. The molecule has 2 aromatic rings. The van der Waals surface area contributed by atoms with Gasteiger partial charge in [0.25, 0.3) is 5.69 Å². The molecule has 5 nitrogen and oxygen atoms in total. The Balaban J connectivity index is 1.76. The molecule has 0 spiro atoms. The summed E-state index contributed by atoms with van der Waals surface area (Å²) in [5.74, 6) is 1.58. The van der Waals surface area contributed by atoms with Gasteiger partial charge in [-0.15, -0.1) is 0 Å². The molecule has 3 atom stereocenters. The summed E-state index contributed by atoms with van der Waals surface area (Å²) in [5, 5.41) is 14.5. The van der Waals surface area contributed by atoms with Crippen LogP contribution in [0.3, 0.4) is 0 Å². The summed E-state index contributed by atoms with van der Waals surface area (Å²) >= 11 is 0. The largest absolute Gasteiger partial charge is 0.495 e. The first-order valence-electron chi connectivity index (χ1n) is 8.03. The zero-order chi connectivity index (χ0) is 16.7. The third kappa shape index (κ3) is 2.24. The monoisotopic (exact) mass is 322 g/mol. The molecular weight excluding hydrogens is 304 g/mol. The van der Waals surface area contributed by atoms with Gasteiger partial charge in [-0.1, -0.05) is 36.4 Å². The van der Waals surface area contributed by atoms with Gasteiger partial charge in [0.05, 0.1) is 23.8 Å². The highest BCUT2D eigenvalue weighted by Crippen LogP contribution is 2.52. The van der Waals surface area contributed by atoms with E-state index in [1.165, 1.54) is 5.56 Å². The van der Waals surface area contributed by atoms with Gasteiger partial charge in [0.2, 0.25) is 0 Å². The molecule has 2 aromatic carbocycles. The van der Waals surface area contributed by atoms with Crippen molar-refractivity contribution >= 4 is 11.4 Å². The highest BCUT2D eigenvalue weighted by Gasteiger charge is 2.38. The summed E-state index contributed by atoms with van der Waals surface area (Å²) in [5.41, 5.74) is 3.46. The van der Waals surface area contributed by atoms with E-state index in [1.807, 2.05) is 24.3 Å². The summed E-state index contributed by atoms with van der Waals surface area (Å²) in [6.45, 7) is 0. The van der Waals surface area contributed by atoms with Gasteiger partial charge in [0.15, 0.2) is 0 Å². The van der Waals surface area contributed by atoms with E-state index in [2.05, 4.69) is 23.5 Å². The maximum absolute atomic E-state index is 10.9. The van der Waals surface area contributed by atoms with E-state index < -0.39 is 0 Å². The molecule has 4 rings (SSSR count). The number of hydrogen-bond acceptors (Lipinski definition) is 4. The molecule has 1 aliphatic carbocycles. The van der Waals surface area contributed by atoms with E-state index in [9.17, 15) is 10.1 Å². The number of nitrogens with zero attached hydrogens (tertiary/aromatic N) is 1. The van der Waals surface area contributed by atoms with Crippen LogP contribution in [0.2, 0.25) is 0 Å². The van der Waals surface area contributed by atoms with Crippen molar-refractivity contribution < 1.29 is 9.66 Å². The summed E-state index contributed by atoms with van der Waals surface area (Å²) in [7, 11) is 1.68. The van der Waals surface area contributed by atoms with Gasteiger partial charge in [-0.2, -0.15) is 0 Å². The maximum Gasteiger partial charge on any atom is 0.269 e. The number of non-ortho nitro benzene ring substituents is 1. The number of benzene rings is 2. The second kappa shape index (κ2) is 5.67. The smallest absolute Gasteiger partial charge is 0.269 e. The van der Waals surface area contributed by atoms with E-state index in [4.69, 9.17) is 4.74 Å². The predicted octanol–water partition coefficient (Wildman–Crippen LogP) is 4.43. The molecule has 122 valence electrons. The van der Waals surface area contributed by atoms with Gasteiger partial charge in [-0.3, -0.25) is 10.1 Å².